The van der Waals surface area contributed by atoms with Crippen LogP contribution in [0.5, 0.6) is 11.5 Å². The van der Waals surface area contributed by atoms with E-state index in [4.69, 9.17) is 5.73 Å². The number of hydrogen-bond donors (Lipinski definition) is 5. The van der Waals surface area contributed by atoms with Gasteiger partial charge in [-0.3, -0.25) is 4.79 Å². The van der Waals surface area contributed by atoms with Gasteiger partial charge in [-0.2, -0.15) is 5.10 Å². The molecule has 9 nitrogen and oxygen atoms in total. The molecule has 3 aromatic rings. The number of benzene rings is 2. The second-order valence-corrected chi connectivity index (χ2v) is 7.96. The number of aromatic nitrogens is 3. The molecule has 32 heavy (non-hydrogen) atoms. The van der Waals surface area contributed by atoms with Crippen molar-refractivity contribution in [3.05, 3.63) is 58.0 Å². The minimum absolute atomic E-state index is 0.0123. The van der Waals surface area contributed by atoms with Crippen molar-refractivity contribution in [2.45, 2.75) is 45.6 Å². The number of nitrogens with two attached hydrogens (primary N) is 1. The molecule has 1 heterocycles. The predicted octanol–water partition coefficient (Wildman–Crippen LogP) is 2.51. The predicted molar refractivity (Wildman–Crippen MR) is 122 cm³/mol. The van der Waals surface area contributed by atoms with Crippen molar-refractivity contribution in [1.82, 2.24) is 20.1 Å². The van der Waals surface area contributed by atoms with Gasteiger partial charge in [-0.15, -0.1) is 0 Å². The number of rotatable bonds is 9. The summed E-state index contributed by atoms with van der Waals surface area (Å²) >= 11 is 0. The summed E-state index contributed by atoms with van der Waals surface area (Å²) in [6, 6.07) is 10.0. The number of carbonyl (C=O) groups is 1. The summed E-state index contributed by atoms with van der Waals surface area (Å²) in [6.45, 7) is 4.79. The third kappa shape index (κ3) is 5.17. The Balaban J connectivity index is 1.84. The number of phenols is 2. The summed E-state index contributed by atoms with van der Waals surface area (Å²) in [4.78, 5) is 24.4. The largest absolute Gasteiger partial charge is 0.508 e. The number of aromatic hydroxyl groups is 2. The molecule has 3 rings (SSSR count). The molecule has 0 spiro atoms. The van der Waals surface area contributed by atoms with E-state index in [0.717, 1.165) is 18.4 Å². The Kier molecular flexibility index (Phi) is 7.32. The lowest BCUT2D eigenvalue weighted by molar-refractivity contribution is -0.121. The number of amides is 1. The maximum absolute atomic E-state index is 12.5. The van der Waals surface area contributed by atoms with Crippen LogP contribution < -0.4 is 16.7 Å². The topological polar surface area (TPSA) is 146 Å². The monoisotopic (exact) mass is 439 g/mol. The van der Waals surface area contributed by atoms with Gasteiger partial charge in [0.15, 0.2) is 5.82 Å². The van der Waals surface area contributed by atoms with Gasteiger partial charge in [0, 0.05) is 19.0 Å². The fourth-order valence-corrected chi connectivity index (χ4v) is 3.43. The summed E-state index contributed by atoms with van der Waals surface area (Å²) in [5.41, 5.74) is 7.38. The Hall–Kier alpha value is -3.59. The van der Waals surface area contributed by atoms with Gasteiger partial charge in [-0.05, 0) is 54.6 Å². The van der Waals surface area contributed by atoms with E-state index >= 15 is 0 Å². The highest BCUT2D eigenvalue weighted by atomic mass is 16.3. The van der Waals surface area contributed by atoms with Crippen LogP contribution in [0.4, 0.5) is 0 Å². The maximum atomic E-state index is 12.5. The van der Waals surface area contributed by atoms with Crippen molar-refractivity contribution in [2.75, 3.05) is 6.54 Å². The van der Waals surface area contributed by atoms with Crippen LogP contribution in [0.2, 0.25) is 0 Å². The molecular weight excluding hydrogens is 410 g/mol. The molecule has 0 atom stereocenters. The Morgan fingerprint density at radius 1 is 1.16 bits per heavy atom. The van der Waals surface area contributed by atoms with E-state index < -0.39 is 5.69 Å². The van der Waals surface area contributed by atoms with Crippen LogP contribution >= 0.6 is 0 Å². The first-order chi connectivity index (χ1) is 15.3. The summed E-state index contributed by atoms with van der Waals surface area (Å²) in [5.74, 6) is 0.0227. The number of H-pyrrole nitrogens is 1. The molecule has 0 aliphatic heterocycles. The van der Waals surface area contributed by atoms with Gasteiger partial charge in [-0.1, -0.05) is 26.0 Å². The van der Waals surface area contributed by atoms with Crippen molar-refractivity contribution in [2.24, 2.45) is 5.73 Å². The van der Waals surface area contributed by atoms with Gasteiger partial charge >= 0.3 is 5.69 Å². The van der Waals surface area contributed by atoms with Crippen LogP contribution in [0.1, 0.15) is 50.2 Å². The minimum Gasteiger partial charge on any atom is -0.508 e. The van der Waals surface area contributed by atoms with Gasteiger partial charge in [0.1, 0.15) is 11.5 Å². The number of aromatic amines is 1. The van der Waals surface area contributed by atoms with Crippen molar-refractivity contribution in [3.8, 4) is 28.6 Å². The normalized spacial score (nSPS) is 11.1. The molecule has 170 valence electrons. The molecule has 1 aromatic heterocycles. The molecule has 1 amide bonds. The fourth-order valence-electron chi connectivity index (χ4n) is 3.43. The number of nitrogens with zero attached hydrogens (tertiary/aromatic N) is 2. The van der Waals surface area contributed by atoms with E-state index in [1.54, 1.807) is 18.2 Å². The summed E-state index contributed by atoms with van der Waals surface area (Å²) in [5, 5.41) is 29.9. The van der Waals surface area contributed by atoms with Gasteiger partial charge in [-0.25, -0.2) is 14.5 Å². The maximum Gasteiger partial charge on any atom is 0.348 e. The Morgan fingerprint density at radius 3 is 2.53 bits per heavy atom. The quantitative estimate of drug-likeness (QED) is 0.324. The van der Waals surface area contributed by atoms with E-state index in [2.05, 4.69) is 15.5 Å². The van der Waals surface area contributed by atoms with Crippen LogP contribution in [0, 0.1) is 0 Å². The third-order valence-electron chi connectivity index (χ3n) is 5.22. The van der Waals surface area contributed by atoms with Crippen LogP contribution in [0.15, 0.2) is 41.2 Å². The molecule has 0 saturated carbocycles. The molecule has 0 radical (unpaired) electrons. The number of unbranched alkanes of at least 4 members (excludes halogenated alkanes) is 1. The molecule has 0 saturated heterocycles. The van der Waals surface area contributed by atoms with Crippen molar-refractivity contribution in [3.63, 3.8) is 0 Å². The number of carbonyl (C=O) groups excluding carboxylic acids is 1. The van der Waals surface area contributed by atoms with Gasteiger partial charge in [0.25, 0.3) is 0 Å². The lowest BCUT2D eigenvalue weighted by atomic mass is 9.98. The summed E-state index contributed by atoms with van der Waals surface area (Å²) in [6.07, 6.45) is 2.02. The zero-order valence-electron chi connectivity index (χ0n) is 18.3. The Labute approximate surface area is 185 Å². The summed E-state index contributed by atoms with van der Waals surface area (Å²) in [7, 11) is 0. The lowest BCUT2D eigenvalue weighted by Crippen LogP contribution is -2.22. The highest BCUT2D eigenvalue weighted by Crippen LogP contribution is 2.37. The Bertz CT molecular complexity index is 1130. The van der Waals surface area contributed by atoms with Crippen molar-refractivity contribution in [1.29, 1.82) is 0 Å². The molecule has 2 aromatic carbocycles. The lowest BCUT2D eigenvalue weighted by Gasteiger charge is -2.13. The third-order valence-corrected chi connectivity index (χ3v) is 5.22. The molecule has 0 aliphatic rings. The summed E-state index contributed by atoms with van der Waals surface area (Å²) < 4.78 is 1.35. The first kappa shape index (κ1) is 23.1. The second-order valence-electron chi connectivity index (χ2n) is 7.96. The van der Waals surface area contributed by atoms with Gasteiger partial charge < -0.3 is 21.3 Å². The average Bonchev–Trinajstić information content (AvgIpc) is 3.13. The zero-order chi connectivity index (χ0) is 23.3. The standard InChI is InChI=1S/C23H29N5O4/c1-14(2)17-11-18(20(30)12-19(17)29)22-26-27-23(32)28(22)16-8-6-15(7-9-16)13-25-21(31)5-3-4-10-24/h6-9,11-12,14,29-30H,3-5,10,13,24H2,1-2H3,(H,25,31)(H,27,32). The van der Waals surface area contributed by atoms with E-state index in [9.17, 15) is 19.8 Å². The molecule has 0 fully saturated rings. The van der Waals surface area contributed by atoms with Crippen LogP contribution in [0.3, 0.4) is 0 Å². The van der Waals surface area contributed by atoms with Crippen molar-refractivity contribution < 1.29 is 15.0 Å². The Morgan fingerprint density at radius 2 is 1.88 bits per heavy atom. The van der Waals surface area contributed by atoms with Crippen LogP contribution in [0.25, 0.3) is 17.1 Å². The SMILES string of the molecule is CC(C)c1cc(-c2n[nH]c(=O)n2-c2ccc(CNC(=O)CCCCN)cc2)c(O)cc1O. The van der Waals surface area contributed by atoms with E-state index in [-0.39, 0.29) is 29.1 Å². The first-order valence-electron chi connectivity index (χ1n) is 10.6. The van der Waals surface area contributed by atoms with E-state index in [1.165, 1.54) is 10.6 Å². The minimum atomic E-state index is -0.459. The van der Waals surface area contributed by atoms with Crippen LogP contribution in [-0.4, -0.2) is 37.4 Å². The molecule has 0 aliphatic carbocycles. The van der Waals surface area contributed by atoms with E-state index in [1.807, 2.05) is 26.0 Å². The fraction of sp³-hybridized carbons (Fsp3) is 0.348. The second kappa shape index (κ2) is 10.1. The van der Waals surface area contributed by atoms with Crippen LogP contribution in [-0.2, 0) is 11.3 Å². The van der Waals surface area contributed by atoms with Crippen molar-refractivity contribution >= 4 is 5.91 Å². The molecule has 9 heteroatoms. The molecule has 0 unspecified atom stereocenters. The zero-order valence-corrected chi connectivity index (χ0v) is 18.3. The molecule has 0 bridgehead atoms. The number of hydrogen-bond acceptors (Lipinski definition) is 6. The highest BCUT2D eigenvalue weighted by molar-refractivity contribution is 5.75. The molecule has 6 N–H and O–H groups in total. The number of phenolic OH excluding ortho intramolecular Hbond substituents is 2. The number of nitrogens with one attached hydrogen (secondary N) is 2. The van der Waals surface area contributed by atoms with Gasteiger partial charge in [0.2, 0.25) is 5.91 Å². The smallest absolute Gasteiger partial charge is 0.348 e. The first-order valence-corrected chi connectivity index (χ1v) is 10.6. The van der Waals surface area contributed by atoms with E-state index in [0.29, 0.717) is 36.3 Å². The van der Waals surface area contributed by atoms with Gasteiger partial charge in [0.05, 0.1) is 11.3 Å². The average molecular weight is 440 g/mol. The molecular formula is C23H29N5O4. The highest BCUT2D eigenvalue weighted by Gasteiger charge is 2.19.